The number of benzene rings is 1. The van der Waals surface area contributed by atoms with Gasteiger partial charge in [-0.25, -0.2) is 18.9 Å². The molecule has 0 radical (unpaired) electrons. The average Bonchev–Trinajstić information content (AvgIpc) is 3.31. The van der Waals surface area contributed by atoms with E-state index in [-0.39, 0.29) is 17.6 Å². The molecule has 0 saturated heterocycles. The van der Waals surface area contributed by atoms with Crippen molar-refractivity contribution in [3.8, 4) is 10.6 Å². The van der Waals surface area contributed by atoms with Crippen LogP contribution in [0.4, 0.5) is 10.2 Å². The number of carbonyl (C=O) groups excluding carboxylic acids is 2. The Bertz CT molecular complexity index is 981. The molecule has 0 spiro atoms. The molecule has 0 bridgehead atoms. The first-order chi connectivity index (χ1) is 13.3. The number of esters is 1. The number of nitrogens with one attached hydrogen (secondary N) is 1. The zero-order valence-electron chi connectivity index (χ0n) is 15.5. The van der Waals surface area contributed by atoms with Gasteiger partial charge in [0.1, 0.15) is 16.6 Å². The largest absolute Gasteiger partial charge is 0.448 e. The van der Waals surface area contributed by atoms with Crippen molar-refractivity contribution in [3.63, 3.8) is 0 Å². The SMILES string of the molecule is CC(C)n1nccc1NC(=O)[C@H](C)OC(=O)c1csc(-c2ccc(F)cc2)n1. The highest BCUT2D eigenvalue weighted by atomic mass is 32.1. The van der Waals surface area contributed by atoms with Crippen LogP contribution < -0.4 is 5.32 Å². The molecule has 1 atom stereocenters. The first kappa shape index (κ1) is 19.7. The maximum Gasteiger partial charge on any atom is 0.358 e. The van der Waals surface area contributed by atoms with E-state index < -0.39 is 18.0 Å². The molecule has 0 unspecified atom stereocenters. The lowest BCUT2D eigenvalue weighted by molar-refractivity contribution is -0.123. The molecule has 9 heteroatoms. The summed E-state index contributed by atoms with van der Waals surface area (Å²) in [6.45, 7) is 5.36. The minimum absolute atomic E-state index is 0.0723. The number of thiazole rings is 1. The summed E-state index contributed by atoms with van der Waals surface area (Å²) in [7, 11) is 0. The van der Waals surface area contributed by atoms with Gasteiger partial charge in [-0.05, 0) is 45.0 Å². The second-order valence-electron chi connectivity index (χ2n) is 6.34. The van der Waals surface area contributed by atoms with E-state index >= 15 is 0 Å². The van der Waals surface area contributed by atoms with Gasteiger partial charge in [-0.3, -0.25) is 4.79 Å². The predicted molar refractivity (Wildman–Crippen MR) is 104 cm³/mol. The van der Waals surface area contributed by atoms with Crippen LogP contribution in [0, 0.1) is 5.82 Å². The number of amides is 1. The van der Waals surface area contributed by atoms with Crippen molar-refractivity contribution in [1.29, 1.82) is 0 Å². The lowest BCUT2D eigenvalue weighted by atomic mass is 10.2. The molecular formula is C19H19FN4O3S. The maximum atomic E-state index is 13.0. The summed E-state index contributed by atoms with van der Waals surface area (Å²) in [4.78, 5) is 28.8. The van der Waals surface area contributed by atoms with Gasteiger partial charge in [0, 0.05) is 23.1 Å². The van der Waals surface area contributed by atoms with Gasteiger partial charge in [0.05, 0.1) is 6.20 Å². The highest BCUT2D eigenvalue weighted by molar-refractivity contribution is 7.13. The van der Waals surface area contributed by atoms with Crippen LogP contribution in [0.25, 0.3) is 10.6 Å². The highest BCUT2D eigenvalue weighted by Crippen LogP contribution is 2.24. The molecule has 0 fully saturated rings. The average molecular weight is 402 g/mol. The number of aromatic nitrogens is 3. The third-order valence-electron chi connectivity index (χ3n) is 3.87. The van der Waals surface area contributed by atoms with E-state index in [1.807, 2.05) is 13.8 Å². The van der Waals surface area contributed by atoms with Crippen LogP contribution in [-0.4, -0.2) is 32.7 Å². The molecule has 0 aliphatic heterocycles. The Labute approximate surface area is 165 Å². The van der Waals surface area contributed by atoms with Crippen LogP contribution in [0.5, 0.6) is 0 Å². The molecule has 1 aromatic carbocycles. The van der Waals surface area contributed by atoms with E-state index in [0.717, 1.165) is 0 Å². The Balaban J connectivity index is 1.63. The van der Waals surface area contributed by atoms with Gasteiger partial charge in [0.2, 0.25) is 0 Å². The van der Waals surface area contributed by atoms with Gasteiger partial charge >= 0.3 is 5.97 Å². The van der Waals surface area contributed by atoms with Crippen molar-refractivity contribution in [3.05, 3.63) is 53.4 Å². The molecular weight excluding hydrogens is 383 g/mol. The van der Waals surface area contributed by atoms with Gasteiger partial charge in [-0.2, -0.15) is 5.10 Å². The molecule has 146 valence electrons. The number of ether oxygens (including phenoxy) is 1. The van der Waals surface area contributed by atoms with Gasteiger partial charge < -0.3 is 10.1 Å². The molecule has 7 nitrogen and oxygen atoms in total. The smallest absolute Gasteiger partial charge is 0.358 e. The summed E-state index contributed by atoms with van der Waals surface area (Å²) in [5.74, 6) is -0.997. The standard InChI is InChI=1S/C19H19FN4O3S/c1-11(2)24-16(8-9-21-24)23-17(25)12(3)27-19(26)15-10-28-18(22-15)13-4-6-14(20)7-5-13/h4-12H,1-3H3,(H,23,25)/t12-/m0/s1. The number of rotatable bonds is 6. The quantitative estimate of drug-likeness (QED) is 0.632. The van der Waals surface area contributed by atoms with Crippen LogP contribution in [0.3, 0.4) is 0 Å². The Kier molecular flexibility index (Phi) is 5.84. The molecule has 2 aromatic heterocycles. The van der Waals surface area contributed by atoms with Crippen molar-refractivity contribution in [2.24, 2.45) is 0 Å². The lowest BCUT2D eigenvalue weighted by Gasteiger charge is -2.15. The summed E-state index contributed by atoms with van der Waals surface area (Å²) >= 11 is 1.23. The summed E-state index contributed by atoms with van der Waals surface area (Å²) < 4.78 is 19.9. The van der Waals surface area contributed by atoms with Gasteiger partial charge in [-0.15, -0.1) is 11.3 Å². The fourth-order valence-corrected chi connectivity index (χ4v) is 3.22. The Morgan fingerprint density at radius 3 is 2.57 bits per heavy atom. The van der Waals surface area contributed by atoms with Crippen molar-refractivity contribution in [1.82, 2.24) is 14.8 Å². The number of carbonyl (C=O) groups is 2. The van der Waals surface area contributed by atoms with E-state index in [2.05, 4.69) is 15.4 Å². The maximum absolute atomic E-state index is 13.0. The van der Waals surface area contributed by atoms with Crippen LogP contribution >= 0.6 is 11.3 Å². The third kappa shape index (κ3) is 4.42. The number of anilines is 1. The van der Waals surface area contributed by atoms with E-state index in [9.17, 15) is 14.0 Å². The van der Waals surface area contributed by atoms with Crippen LogP contribution in [0.1, 0.15) is 37.3 Å². The van der Waals surface area contributed by atoms with Crippen LogP contribution in [-0.2, 0) is 9.53 Å². The summed E-state index contributed by atoms with van der Waals surface area (Å²) in [6.07, 6.45) is 0.567. The molecule has 28 heavy (non-hydrogen) atoms. The fraction of sp³-hybridized carbons (Fsp3) is 0.263. The van der Waals surface area contributed by atoms with Crippen molar-refractivity contribution >= 4 is 29.0 Å². The van der Waals surface area contributed by atoms with Crippen molar-refractivity contribution < 1.29 is 18.7 Å². The summed E-state index contributed by atoms with van der Waals surface area (Å²) in [5, 5.41) is 8.93. The zero-order chi connectivity index (χ0) is 20.3. The summed E-state index contributed by atoms with van der Waals surface area (Å²) in [5.41, 5.74) is 0.786. The molecule has 2 heterocycles. The zero-order valence-corrected chi connectivity index (χ0v) is 16.4. The number of nitrogens with zero attached hydrogens (tertiary/aromatic N) is 3. The molecule has 0 aliphatic carbocycles. The fourth-order valence-electron chi connectivity index (χ4n) is 2.42. The Hall–Kier alpha value is -3.07. The van der Waals surface area contributed by atoms with Crippen LogP contribution in [0.15, 0.2) is 41.9 Å². The normalized spacial score (nSPS) is 12.0. The van der Waals surface area contributed by atoms with Gasteiger partial charge in [0.25, 0.3) is 5.91 Å². The monoisotopic (exact) mass is 402 g/mol. The van der Waals surface area contributed by atoms with Gasteiger partial charge in [-0.1, -0.05) is 0 Å². The number of hydrogen-bond acceptors (Lipinski definition) is 6. The molecule has 0 saturated carbocycles. The Morgan fingerprint density at radius 1 is 1.18 bits per heavy atom. The van der Waals surface area contributed by atoms with Crippen molar-refractivity contribution in [2.45, 2.75) is 32.9 Å². The molecule has 3 aromatic rings. The first-order valence-corrected chi connectivity index (χ1v) is 9.50. The predicted octanol–water partition coefficient (Wildman–Crippen LogP) is 3.91. The van der Waals surface area contributed by atoms with E-state index in [1.54, 1.807) is 34.5 Å². The lowest BCUT2D eigenvalue weighted by Crippen LogP contribution is -2.31. The molecule has 0 aliphatic rings. The molecule has 1 amide bonds. The molecule has 1 N–H and O–H groups in total. The van der Waals surface area contributed by atoms with Gasteiger partial charge in [0.15, 0.2) is 11.8 Å². The third-order valence-corrected chi connectivity index (χ3v) is 4.76. The first-order valence-electron chi connectivity index (χ1n) is 8.62. The van der Waals surface area contributed by atoms with E-state index in [1.165, 1.54) is 30.4 Å². The number of halogens is 1. The molecule has 3 rings (SSSR count). The Morgan fingerprint density at radius 2 is 1.89 bits per heavy atom. The summed E-state index contributed by atoms with van der Waals surface area (Å²) in [6, 6.07) is 7.55. The second kappa shape index (κ2) is 8.30. The van der Waals surface area contributed by atoms with E-state index in [0.29, 0.717) is 16.4 Å². The second-order valence-corrected chi connectivity index (χ2v) is 7.19. The van der Waals surface area contributed by atoms with E-state index in [4.69, 9.17) is 4.74 Å². The van der Waals surface area contributed by atoms with Crippen LogP contribution in [0.2, 0.25) is 0 Å². The minimum Gasteiger partial charge on any atom is -0.448 e. The highest BCUT2D eigenvalue weighted by Gasteiger charge is 2.22. The number of hydrogen-bond donors (Lipinski definition) is 1. The van der Waals surface area contributed by atoms with Crippen molar-refractivity contribution in [2.75, 3.05) is 5.32 Å². The minimum atomic E-state index is -1.01. The topological polar surface area (TPSA) is 86.1 Å².